The quantitative estimate of drug-likeness (QED) is 0.565. The van der Waals surface area contributed by atoms with Gasteiger partial charge < -0.3 is 4.90 Å². The van der Waals surface area contributed by atoms with Gasteiger partial charge in [-0.15, -0.1) is 0 Å². The fraction of sp³-hybridized carbons (Fsp3) is 0.250. The smallest absolute Gasteiger partial charge is 0.101 e. The van der Waals surface area contributed by atoms with Crippen LogP contribution in [-0.2, 0) is 0 Å². The molecule has 3 aromatic carbocycles. The van der Waals surface area contributed by atoms with E-state index >= 15 is 0 Å². The second kappa shape index (κ2) is 9.58. The summed E-state index contributed by atoms with van der Waals surface area (Å²) in [5.74, 6) is 0. The first-order valence-electron chi connectivity index (χ1n) is 11.1. The van der Waals surface area contributed by atoms with E-state index in [-0.39, 0.29) is 12.1 Å². The summed E-state index contributed by atoms with van der Waals surface area (Å²) in [4.78, 5) is 4.75. The van der Waals surface area contributed by atoms with Gasteiger partial charge in [-0.25, -0.2) is 0 Å². The summed E-state index contributed by atoms with van der Waals surface area (Å²) in [7, 11) is 0. The van der Waals surface area contributed by atoms with Crippen LogP contribution in [0.25, 0.3) is 0 Å². The summed E-state index contributed by atoms with van der Waals surface area (Å²) in [5.41, 5.74) is 6.15. The van der Waals surface area contributed by atoms with E-state index < -0.39 is 0 Å². The molecular formula is C28H25N5. The van der Waals surface area contributed by atoms with Crippen molar-refractivity contribution >= 4 is 5.69 Å². The number of rotatable bonds is 4. The van der Waals surface area contributed by atoms with E-state index in [0.717, 1.165) is 25.3 Å². The Morgan fingerprint density at radius 2 is 1.48 bits per heavy atom. The number of hydrogen-bond donors (Lipinski definition) is 0. The van der Waals surface area contributed by atoms with Gasteiger partial charge >= 0.3 is 0 Å². The second-order valence-corrected chi connectivity index (χ2v) is 8.48. The highest BCUT2D eigenvalue weighted by Crippen LogP contribution is 2.36. The molecule has 0 spiro atoms. The van der Waals surface area contributed by atoms with Crippen LogP contribution in [0.4, 0.5) is 5.69 Å². The van der Waals surface area contributed by atoms with Gasteiger partial charge in [-0.3, -0.25) is 4.90 Å². The lowest BCUT2D eigenvalue weighted by molar-refractivity contribution is 0.171. The number of piperazine rings is 1. The molecule has 162 valence electrons. The number of benzene rings is 3. The maximum absolute atomic E-state index is 9.77. The summed E-state index contributed by atoms with van der Waals surface area (Å²) < 4.78 is 0. The minimum atomic E-state index is 0.0696. The Morgan fingerprint density at radius 1 is 0.818 bits per heavy atom. The molecule has 1 saturated heterocycles. The topological polar surface area (TPSA) is 77.8 Å². The van der Waals surface area contributed by atoms with Gasteiger partial charge in [0.25, 0.3) is 0 Å². The molecule has 1 heterocycles. The predicted octanol–water partition coefficient (Wildman–Crippen LogP) is 5.23. The molecule has 1 aliphatic rings. The normalized spacial score (nSPS) is 16.9. The first kappa shape index (κ1) is 22.1. The maximum Gasteiger partial charge on any atom is 0.101 e. The molecule has 0 aromatic heterocycles. The third-order valence-electron chi connectivity index (χ3n) is 6.50. The van der Waals surface area contributed by atoms with Crippen LogP contribution in [0.3, 0.4) is 0 Å². The van der Waals surface area contributed by atoms with Crippen LogP contribution < -0.4 is 4.90 Å². The molecule has 0 unspecified atom stereocenters. The SMILES string of the molecule is Cc1ccc([C@@H]2CN([C@H](C)c3ccc(C#N)cc3)CCN2c2ccc(C#N)cc2C#N)cc1. The van der Waals surface area contributed by atoms with E-state index in [2.05, 4.69) is 66.1 Å². The average molecular weight is 432 g/mol. The summed E-state index contributed by atoms with van der Waals surface area (Å²) >= 11 is 0. The van der Waals surface area contributed by atoms with Gasteiger partial charge in [0.05, 0.1) is 40.6 Å². The summed E-state index contributed by atoms with van der Waals surface area (Å²) in [5, 5.41) is 28.1. The highest BCUT2D eigenvalue weighted by atomic mass is 15.3. The number of nitriles is 3. The van der Waals surface area contributed by atoms with Crippen molar-refractivity contribution in [2.45, 2.75) is 25.9 Å². The lowest BCUT2D eigenvalue weighted by Crippen LogP contribution is -2.49. The van der Waals surface area contributed by atoms with Crippen molar-refractivity contribution in [3.8, 4) is 18.2 Å². The zero-order valence-corrected chi connectivity index (χ0v) is 18.9. The summed E-state index contributed by atoms with van der Waals surface area (Å²) in [6, 6.07) is 28.6. The minimum Gasteiger partial charge on any atom is -0.361 e. The van der Waals surface area contributed by atoms with Crippen LogP contribution >= 0.6 is 0 Å². The zero-order valence-electron chi connectivity index (χ0n) is 18.9. The van der Waals surface area contributed by atoms with Crippen LogP contribution in [-0.4, -0.2) is 24.5 Å². The van der Waals surface area contributed by atoms with Crippen molar-refractivity contribution in [3.63, 3.8) is 0 Å². The van der Waals surface area contributed by atoms with Crippen molar-refractivity contribution < 1.29 is 0 Å². The molecule has 5 heteroatoms. The molecule has 0 bridgehead atoms. The average Bonchev–Trinajstić information content (AvgIpc) is 2.88. The number of aryl methyl sites for hydroxylation is 1. The Hall–Kier alpha value is -4.11. The minimum absolute atomic E-state index is 0.0696. The van der Waals surface area contributed by atoms with Crippen molar-refractivity contribution in [1.29, 1.82) is 15.8 Å². The molecule has 0 radical (unpaired) electrons. The van der Waals surface area contributed by atoms with Gasteiger partial charge in [0.1, 0.15) is 6.07 Å². The molecule has 0 saturated carbocycles. The van der Waals surface area contributed by atoms with E-state index in [0.29, 0.717) is 16.7 Å². The van der Waals surface area contributed by atoms with Crippen molar-refractivity contribution in [1.82, 2.24) is 4.90 Å². The number of nitrogens with zero attached hydrogens (tertiary/aromatic N) is 5. The molecule has 0 amide bonds. The third-order valence-corrected chi connectivity index (χ3v) is 6.50. The van der Waals surface area contributed by atoms with Gasteiger partial charge in [0, 0.05) is 25.7 Å². The lowest BCUT2D eigenvalue weighted by atomic mass is 9.96. The Kier molecular flexibility index (Phi) is 6.41. The molecule has 0 aliphatic carbocycles. The third kappa shape index (κ3) is 4.58. The molecule has 4 rings (SSSR count). The van der Waals surface area contributed by atoms with Gasteiger partial charge in [0.2, 0.25) is 0 Å². The Balaban J connectivity index is 1.68. The zero-order chi connectivity index (χ0) is 23.4. The van der Waals surface area contributed by atoms with Gasteiger partial charge in [-0.2, -0.15) is 15.8 Å². The lowest BCUT2D eigenvalue weighted by Gasteiger charge is -2.45. The molecule has 3 aromatic rings. The largest absolute Gasteiger partial charge is 0.361 e. The number of anilines is 1. The van der Waals surface area contributed by atoms with Crippen LogP contribution in [0.15, 0.2) is 66.7 Å². The fourth-order valence-electron chi connectivity index (χ4n) is 4.51. The molecule has 33 heavy (non-hydrogen) atoms. The van der Waals surface area contributed by atoms with Crippen molar-refractivity contribution in [3.05, 3.63) is 100 Å². The summed E-state index contributed by atoms with van der Waals surface area (Å²) in [6.45, 7) is 6.69. The van der Waals surface area contributed by atoms with Crippen LogP contribution in [0.2, 0.25) is 0 Å². The van der Waals surface area contributed by atoms with Crippen LogP contribution in [0, 0.1) is 40.9 Å². The highest BCUT2D eigenvalue weighted by molar-refractivity contribution is 5.63. The monoisotopic (exact) mass is 431 g/mol. The molecule has 2 atom stereocenters. The molecule has 5 nitrogen and oxygen atoms in total. The van der Waals surface area contributed by atoms with E-state index in [1.165, 1.54) is 16.7 Å². The van der Waals surface area contributed by atoms with Gasteiger partial charge in [-0.05, 0) is 55.3 Å². The molecular weight excluding hydrogens is 406 g/mol. The predicted molar refractivity (Wildman–Crippen MR) is 128 cm³/mol. The van der Waals surface area contributed by atoms with Crippen molar-refractivity contribution in [2.75, 3.05) is 24.5 Å². The molecule has 1 fully saturated rings. The Morgan fingerprint density at radius 3 is 2.12 bits per heavy atom. The second-order valence-electron chi connectivity index (χ2n) is 8.48. The van der Waals surface area contributed by atoms with Crippen LogP contribution in [0.5, 0.6) is 0 Å². The standard InChI is InChI=1S/C28H25N5/c1-20-3-8-25(9-4-20)28-19-32(21(2)24-10-5-22(16-29)6-11-24)13-14-33(28)27-12-7-23(17-30)15-26(27)18-31/h3-12,15,21,28H,13-14,19H2,1-2H3/t21-,28+/m1/s1. The Labute approximate surface area is 195 Å². The maximum atomic E-state index is 9.77. The van der Waals surface area contributed by atoms with E-state index in [4.69, 9.17) is 5.26 Å². The molecule has 1 aliphatic heterocycles. The highest BCUT2D eigenvalue weighted by Gasteiger charge is 2.32. The van der Waals surface area contributed by atoms with Crippen LogP contribution in [0.1, 0.15) is 52.4 Å². The van der Waals surface area contributed by atoms with E-state index in [9.17, 15) is 10.5 Å². The van der Waals surface area contributed by atoms with Crippen molar-refractivity contribution in [2.24, 2.45) is 0 Å². The fourth-order valence-corrected chi connectivity index (χ4v) is 4.51. The number of hydrogen-bond acceptors (Lipinski definition) is 5. The first-order chi connectivity index (χ1) is 16.0. The Bertz CT molecular complexity index is 1260. The van der Waals surface area contributed by atoms with Gasteiger partial charge in [-0.1, -0.05) is 42.0 Å². The summed E-state index contributed by atoms with van der Waals surface area (Å²) in [6.07, 6.45) is 0. The first-order valence-corrected chi connectivity index (χ1v) is 11.1. The van der Waals surface area contributed by atoms with E-state index in [1.54, 1.807) is 12.1 Å². The van der Waals surface area contributed by atoms with Gasteiger partial charge in [0.15, 0.2) is 0 Å². The molecule has 0 N–H and O–H groups in total. The van der Waals surface area contributed by atoms with E-state index in [1.807, 2.05) is 30.3 Å².